The van der Waals surface area contributed by atoms with Crippen molar-refractivity contribution in [2.75, 3.05) is 13.1 Å². The summed E-state index contributed by atoms with van der Waals surface area (Å²) in [4.78, 5) is 11.1. The lowest BCUT2D eigenvalue weighted by Crippen LogP contribution is -2.55. The molecule has 2 unspecified atom stereocenters. The average Bonchev–Trinajstić information content (AvgIpc) is 2.01. The minimum atomic E-state index is -2.74. The monoisotopic (exact) mass is 243 g/mol. The molecular formula is C8H16ClF2N3O. The fraction of sp³-hybridized carbons (Fsp3) is 0.875. The number of carbonyl (C=O) groups excluding carboxylic acids is 1. The fourth-order valence-corrected chi connectivity index (χ4v) is 1.37. The van der Waals surface area contributed by atoms with E-state index in [1.54, 1.807) is 0 Å². The van der Waals surface area contributed by atoms with Gasteiger partial charge < -0.3 is 16.4 Å². The van der Waals surface area contributed by atoms with E-state index in [0.29, 0.717) is 6.54 Å². The van der Waals surface area contributed by atoms with Crippen molar-refractivity contribution in [3.05, 3.63) is 0 Å². The summed E-state index contributed by atoms with van der Waals surface area (Å²) in [7, 11) is 0. The normalized spacial score (nSPS) is 26.3. The molecule has 1 aliphatic heterocycles. The van der Waals surface area contributed by atoms with Crippen molar-refractivity contribution < 1.29 is 13.6 Å². The molecule has 0 radical (unpaired) electrons. The van der Waals surface area contributed by atoms with Gasteiger partial charge in [-0.2, -0.15) is 0 Å². The van der Waals surface area contributed by atoms with E-state index >= 15 is 0 Å². The highest BCUT2D eigenvalue weighted by molar-refractivity contribution is 5.85. The topological polar surface area (TPSA) is 67.2 Å². The molecule has 1 amide bonds. The summed E-state index contributed by atoms with van der Waals surface area (Å²) in [5, 5.41) is 5.03. The molecule has 1 fully saturated rings. The molecule has 1 rings (SSSR count). The van der Waals surface area contributed by atoms with E-state index in [0.717, 1.165) is 0 Å². The van der Waals surface area contributed by atoms with Gasteiger partial charge in [0.05, 0.1) is 12.6 Å². The average molecular weight is 244 g/mol. The number of rotatable bonds is 2. The Morgan fingerprint density at radius 1 is 1.67 bits per heavy atom. The Hall–Kier alpha value is -0.460. The van der Waals surface area contributed by atoms with Crippen LogP contribution >= 0.6 is 12.4 Å². The second-order valence-corrected chi connectivity index (χ2v) is 3.69. The van der Waals surface area contributed by atoms with E-state index in [1.165, 1.54) is 6.92 Å². The van der Waals surface area contributed by atoms with Crippen molar-refractivity contribution in [2.45, 2.75) is 31.4 Å². The van der Waals surface area contributed by atoms with Crippen molar-refractivity contribution in [1.29, 1.82) is 0 Å². The van der Waals surface area contributed by atoms with Crippen LogP contribution < -0.4 is 16.4 Å². The predicted octanol–water partition coefficient (Wildman–Crippen LogP) is -0.131. The Kier molecular flexibility index (Phi) is 5.41. The largest absolute Gasteiger partial charge is 0.351 e. The standard InChI is InChI=1S/C8H15F2N3O.ClH/c1-5(11)7(14)13-6-2-8(9,10)4-12-3-6;/h5-6,12H,2-4,11H2,1H3,(H,13,14);1H. The van der Waals surface area contributed by atoms with Gasteiger partial charge in [0.2, 0.25) is 5.91 Å². The number of halogens is 3. The van der Waals surface area contributed by atoms with Crippen LogP contribution in [0.5, 0.6) is 0 Å². The molecule has 0 saturated carbocycles. The summed E-state index contributed by atoms with van der Waals surface area (Å²) >= 11 is 0. The van der Waals surface area contributed by atoms with Crippen LogP contribution in [-0.4, -0.2) is 37.0 Å². The number of carbonyl (C=O) groups is 1. The van der Waals surface area contributed by atoms with Crippen molar-refractivity contribution >= 4 is 18.3 Å². The van der Waals surface area contributed by atoms with Gasteiger partial charge in [-0.05, 0) is 6.92 Å². The third-order valence-electron chi connectivity index (χ3n) is 2.08. The summed E-state index contributed by atoms with van der Waals surface area (Å²) in [5.74, 6) is -3.14. The Bertz CT molecular complexity index is 226. The fourth-order valence-electron chi connectivity index (χ4n) is 1.37. The molecule has 4 N–H and O–H groups in total. The summed E-state index contributed by atoms with van der Waals surface area (Å²) in [6, 6.07) is -1.19. The molecule has 90 valence electrons. The third-order valence-corrected chi connectivity index (χ3v) is 2.08. The van der Waals surface area contributed by atoms with Crippen LogP contribution in [-0.2, 0) is 4.79 Å². The SMILES string of the molecule is CC(N)C(=O)NC1CNCC(F)(F)C1.Cl. The Morgan fingerprint density at radius 2 is 2.27 bits per heavy atom. The zero-order valence-electron chi connectivity index (χ0n) is 8.43. The molecule has 0 aromatic rings. The first-order valence-corrected chi connectivity index (χ1v) is 4.55. The quantitative estimate of drug-likeness (QED) is 0.633. The van der Waals surface area contributed by atoms with E-state index in [2.05, 4.69) is 10.6 Å². The van der Waals surface area contributed by atoms with Crippen LogP contribution in [0.25, 0.3) is 0 Å². The van der Waals surface area contributed by atoms with Gasteiger partial charge in [-0.1, -0.05) is 0 Å². The van der Waals surface area contributed by atoms with Crippen molar-refractivity contribution in [1.82, 2.24) is 10.6 Å². The van der Waals surface area contributed by atoms with E-state index in [1.807, 2.05) is 0 Å². The molecular weight excluding hydrogens is 228 g/mol. The molecule has 0 bridgehead atoms. The van der Waals surface area contributed by atoms with Crippen LogP contribution in [0.2, 0.25) is 0 Å². The zero-order chi connectivity index (χ0) is 10.8. The highest BCUT2D eigenvalue weighted by Crippen LogP contribution is 2.22. The van der Waals surface area contributed by atoms with Gasteiger partial charge in [-0.15, -0.1) is 12.4 Å². The molecule has 2 atom stereocenters. The number of amides is 1. The molecule has 4 nitrogen and oxygen atoms in total. The van der Waals surface area contributed by atoms with Crippen LogP contribution in [0.1, 0.15) is 13.3 Å². The predicted molar refractivity (Wildman–Crippen MR) is 55.3 cm³/mol. The lowest BCUT2D eigenvalue weighted by Gasteiger charge is -2.30. The van der Waals surface area contributed by atoms with Crippen molar-refractivity contribution in [3.8, 4) is 0 Å². The Morgan fingerprint density at radius 3 is 2.73 bits per heavy atom. The maximum absolute atomic E-state index is 12.9. The highest BCUT2D eigenvalue weighted by Gasteiger charge is 2.36. The van der Waals surface area contributed by atoms with Crippen LogP contribution in [0, 0.1) is 0 Å². The maximum atomic E-state index is 12.9. The van der Waals surface area contributed by atoms with Gasteiger partial charge in [0.25, 0.3) is 5.92 Å². The third kappa shape index (κ3) is 4.72. The molecule has 0 aromatic heterocycles. The molecule has 15 heavy (non-hydrogen) atoms. The van der Waals surface area contributed by atoms with E-state index in [9.17, 15) is 13.6 Å². The van der Waals surface area contributed by atoms with Gasteiger partial charge >= 0.3 is 0 Å². The van der Waals surface area contributed by atoms with Gasteiger partial charge in [0.15, 0.2) is 0 Å². The first kappa shape index (κ1) is 14.5. The van der Waals surface area contributed by atoms with Gasteiger partial charge in [0.1, 0.15) is 0 Å². The molecule has 0 aliphatic carbocycles. The van der Waals surface area contributed by atoms with Crippen molar-refractivity contribution in [2.24, 2.45) is 5.73 Å². The molecule has 1 saturated heterocycles. The van der Waals surface area contributed by atoms with E-state index in [4.69, 9.17) is 5.73 Å². The number of nitrogens with one attached hydrogen (secondary N) is 2. The number of hydrogen-bond acceptors (Lipinski definition) is 3. The maximum Gasteiger partial charge on any atom is 0.262 e. The van der Waals surface area contributed by atoms with E-state index < -0.39 is 23.9 Å². The molecule has 1 heterocycles. The minimum Gasteiger partial charge on any atom is -0.351 e. The van der Waals surface area contributed by atoms with Crippen LogP contribution in [0.4, 0.5) is 8.78 Å². The molecule has 0 spiro atoms. The first-order valence-electron chi connectivity index (χ1n) is 4.55. The summed E-state index contributed by atoms with van der Waals surface area (Å²) in [5.41, 5.74) is 5.30. The zero-order valence-corrected chi connectivity index (χ0v) is 9.24. The summed E-state index contributed by atoms with van der Waals surface area (Å²) in [6.07, 6.45) is -0.321. The minimum absolute atomic E-state index is 0. The molecule has 0 aromatic carbocycles. The number of nitrogens with two attached hydrogens (primary N) is 1. The second-order valence-electron chi connectivity index (χ2n) is 3.69. The summed E-state index contributed by atoms with van der Waals surface area (Å²) < 4.78 is 25.7. The Balaban J connectivity index is 0.00000196. The summed E-state index contributed by atoms with van der Waals surface area (Å²) in [6.45, 7) is 1.56. The number of hydrogen-bond donors (Lipinski definition) is 3. The van der Waals surface area contributed by atoms with Crippen LogP contribution in [0.15, 0.2) is 0 Å². The lowest BCUT2D eigenvalue weighted by molar-refractivity contribution is -0.123. The molecule has 7 heteroatoms. The first-order chi connectivity index (χ1) is 6.41. The van der Waals surface area contributed by atoms with Gasteiger partial charge in [0, 0.05) is 19.0 Å². The van der Waals surface area contributed by atoms with Gasteiger partial charge in [-0.25, -0.2) is 8.78 Å². The van der Waals surface area contributed by atoms with Gasteiger partial charge in [-0.3, -0.25) is 4.79 Å². The smallest absolute Gasteiger partial charge is 0.262 e. The second kappa shape index (κ2) is 5.58. The lowest BCUT2D eigenvalue weighted by atomic mass is 10.0. The van der Waals surface area contributed by atoms with E-state index in [-0.39, 0.29) is 25.4 Å². The van der Waals surface area contributed by atoms with Crippen LogP contribution in [0.3, 0.4) is 0 Å². The van der Waals surface area contributed by atoms with Crippen molar-refractivity contribution in [3.63, 3.8) is 0 Å². The molecule has 1 aliphatic rings. The number of piperidine rings is 1. The Labute approximate surface area is 93.4 Å². The highest BCUT2D eigenvalue weighted by atomic mass is 35.5. The number of alkyl halides is 2.